The maximum absolute atomic E-state index is 13.7. The van der Waals surface area contributed by atoms with Crippen LogP contribution in [0.25, 0.3) is 6.08 Å². The predicted molar refractivity (Wildman–Crippen MR) is 161 cm³/mol. The van der Waals surface area contributed by atoms with Crippen molar-refractivity contribution in [3.05, 3.63) is 136 Å². The van der Waals surface area contributed by atoms with Crippen LogP contribution in [-0.2, 0) is 24.5 Å². The minimum atomic E-state index is -0.983. The van der Waals surface area contributed by atoms with Crippen molar-refractivity contribution in [3.63, 3.8) is 0 Å². The molecule has 1 aliphatic heterocycles. The Morgan fingerprint density at radius 1 is 0.878 bits per heavy atom. The first-order chi connectivity index (χ1) is 20.0. The number of methoxy groups -OCH3 is 1. The van der Waals surface area contributed by atoms with E-state index in [0.717, 1.165) is 16.7 Å². The van der Waals surface area contributed by atoms with Crippen LogP contribution in [0.5, 0.6) is 11.5 Å². The van der Waals surface area contributed by atoms with Crippen LogP contribution < -0.4 is 9.47 Å². The Morgan fingerprint density at radius 2 is 1.56 bits per heavy atom. The molecule has 0 radical (unpaired) electrons. The molecule has 8 heteroatoms. The molecule has 1 fully saturated rings. The van der Waals surface area contributed by atoms with E-state index in [1.54, 1.807) is 36.3 Å². The fraction of sp³-hybridized carbons (Fsp3) is 0.121. The Bertz CT molecular complexity index is 1590. The van der Waals surface area contributed by atoms with Gasteiger partial charge in [0, 0.05) is 5.56 Å². The lowest BCUT2D eigenvalue weighted by Crippen LogP contribution is -2.28. The van der Waals surface area contributed by atoms with Crippen LogP contribution in [0.2, 0.25) is 0 Å². The summed E-state index contributed by atoms with van der Waals surface area (Å²) in [5, 5.41) is 9.80. The number of carboxylic acid groups (broad SMARTS) is 1. The Kier molecular flexibility index (Phi) is 8.81. The molecule has 1 N–H and O–H groups in total. The van der Waals surface area contributed by atoms with E-state index in [0.29, 0.717) is 40.2 Å². The quantitative estimate of drug-likeness (QED) is 0.217. The Morgan fingerprint density at radius 3 is 2.22 bits per heavy atom. The SMILES string of the molecule is COc1cccc(/C=C2\SC(=NCc3ccccc3)N(Cc3ccccc3)C2=O)c1OCc1ccc(C(=O)O)cc1. The molecule has 206 valence electrons. The molecule has 0 aromatic heterocycles. The number of rotatable bonds is 10. The van der Waals surface area contributed by atoms with Crippen LogP contribution in [0.3, 0.4) is 0 Å². The summed E-state index contributed by atoms with van der Waals surface area (Å²) >= 11 is 1.34. The first kappa shape index (κ1) is 27.7. The molecule has 0 aliphatic carbocycles. The average molecular weight is 565 g/mol. The van der Waals surface area contributed by atoms with Crippen molar-refractivity contribution < 1.29 is 24.2 Å². The molecular formula is C33H28N2O5S. The third-order valence-electron chi connectivity index (χ3n) is 6.41. The van der Waals surface area contributed by atoms with Gasteiger partial charge in [-0.3, -0.25) is 14.7 Å². The number of thioether (sulfide) groups is 1. The molecular weight excluding hydrogens is 536 g/mol. The van der Waals surface area contributed by atoms with Gasteiger partial charge >= 0.3 is 5.97 Å². The second-order valence-electron chi connectivity index (χ2n) is 9.24. The molecule has 4 aromatic rings. The highest BCUT2D eigenvalue weighted by Crippen LogP contribution is 2.38. The summed E-state index contributed by atoms with van der Waals surface area (Å²) in [6, 6.07) is 31.8. The number of aromatic carboxylic acids is 1. The number of amidine groups is 1. The number of aliphatic imine (C=N–C) groups is 1. The molecule has 1 aliphatic rings. The highest BCUT2D eigenvalue weighted by atomic mass is 32.2. The van der Waals surface area contributed by atoms with Gasteiger partial charge in [-0.2, -0.15) is 0 Å². The average Bonchev–Trinajstić information content (AvgIpc) is 3.29. The number of carboxylic acids is 1. The van der Waals surface area contributed by atoms with Gasteiger partial charge in [0.1, 0.15) is 6.61 Å². The first-order valence-electron chi connectivity index (χ1n) is 13.0. The van der Waals surface area contributed by atoms with E-state index < -0.39 is 5.97 Å². The molecule has 7 nitrogen and oxygen atoms in total. The van der Waals surface area contributed by atoms with E-state index in [-0.39, 0.29) is 18.1 Å². The highest BCUT2D eigenvalue weighted by molar-refractivity contribution is 8.18. The van der Waals surface area contributed by atoms with Gasteiger partial charge < -0.3 is 14.6 Å². The lowest BCUT2D eigenvalue weighted by molar-refractivity contribution is -0.122. The van der Waals surface area contributed by atoms with E-state index >= 15 is 0 Å². The molecule has 0 bridgehead atoms. The number of nitrogens with zero attached hydrogens (tertiary/aromatic N) is 2. The molecule has 0 atom stereocenters. The number of carbonyl (C=O) groups is 2. The van der Waals surface area contributed by atoms with Gasteiger partial charge in [-0.05, 0) is 52.7 Å². The molecule has 1 saturated heterocycles. The number of hydrogen-bond acceptors (Lipinski definition) is 6. The van der Waals surface area contributed by atoms with Crippen molar-refractivity contribution in [2.24, 2.45) is 4.99 Å². The number of hydrogen-bond donors (Lipinski definition) is 1. The molecule has 1 amide bonds. The second-order valence-corrected chi connectivity index (χ2v) is 10.3. The van der Waals surface area contributed by atoms with Gasteiger partial charge in [-0.25, -0.2) is 4.79 Å². The maximum atomic E-state index is 13.7. The zero-order valence-electron chi connectivity index (χ0n) is 22.4. The Hall–Kier alpha value is -4.82. The zero-order valence-corrected chi connectivity index (χ0v) is 23.2. The third kappa shape index (κ3) is 6.85. The number of ether oxygens (including phenoxy) is 2. The lowest BCUT2D eigenvalue weighted by Gasteiger charge is -2.16. The van der Waals surface area contributed by atoms with Gasteiger partial charge in [0.05, 0.1) is 30.7 Å². The van der Waals surface area contributed by atoms with E-state index in [9.17, 15) is 9.59 Å². The zero-order chi connectivity index (χ0) is 28.6. The van der Waals surface area contributed by atoms with Crippen LogP contribution >= 0.6 is 11.8 Å². The topological polar surface area (TPSA) is 88.4 Å². The van der Waals surface area contributed by atoms with Gasteiger partial charge in [-0.1, -0.05) is 84.9 Å². The van der Waals surface area contributed by atoms with Crippen molar-refractivity contribution in [2.45, 2.75) is 19.7 Å². The monoisotopic (exact) mass is 564 g/mol. The summed E-state index contributed by atoms with van der Waals surface area (Å²) in [6.45, 7) is 1.07. The molecule has 4 aromatic carbocycles. The minimum absolute atomic E-state index is 0.135. The number of para-hydroxylation sites is 1. The Balaban J connectivity index is 1.43. The van der Waals surface area contributed by atoms with Crippen LogP contribution in [-0.4, -0.2) is 34.2 Å². The summed E-state index contributed by atoms with van der Waals surface area (Å²) in [5.41, 5.74) is 3.76. The summed E-state index contributed by atoms with van der Waals surface area (Å²) in [4.78, 5) is 31.9. The first-order valence-corrected chi connectivity index (χ1v) is 13.8. The van der Waals surface area contributed by atoms with Crippen molar-refractivity contribution in [1.82, 2.24) is 4.90 Å². The van der Waals surface area contributed by atoms with Gasteiger partial charge in [0.2, 0.25) is 0 Å². The number of amides is 1. The summed E-state index contributed by atoms with van der Waals surface area (Å²) in [5.74, 6) is -0.106. The van der Waals surface area contributed by atoms with Crippen LogP contribution in [0.4, 0.5) is 0 Å². The van der Waals surface area contributed by atoms with Crippen molar-refractivity contribution in [3.8, 4) is 11.5 Å². The molecule has 1 heterocycles. The van der Waals surface area contributed by atoms with Gasteiger partial charge in [-0.15, -0.1) is 0 Å². The predicted octanol–water partition coefficient (Wildman–Crippen LogP) is 6.65. The maximum Gasteiger partial charge on any atom is 0.335 e. The fourth-order valence-electron chi connectivity index (χ4n) is 4.28. The molecule has 41 heavy (non-hydrogen) atoms. The number of benzene rings is 4. The molecule has 0 spiro atoms. The van der Waals surface area contributed by atoms with Crippen molar-refractivity contribution >= 4 is 34.9 Å². The van der Waals surface area contributed by atoms with Gasteiger partial charge in [0.25, 0.3) is 5.91 Å². The van der Waals surface area contributed by atoms with Crippen molar-refractivity contribution in [1.29, 1.82) is 0 Å². The smallest absolute Gasteiger partial charge is 0.335 e. The van der Waals surface area contributed by atoms with E-state index in [2.05, 4.69) is 0 Å². The van der Waals surface area contributed by atoms with Crippen LogP contribution in [0, 0.1) is 0 Å². The van der Waals surface area contributed by atoms with Gasteiger partial charge in [0.15, 0.2) is 16.7 Å². The summed E-state index contributed by atoms with van der Waals surface area (Å²) in [6.07, 6.45) is 1.81. The summed E-state index contributed by atoms with van der Waals surface area (Å²) in [7, 11) is 1.56. The lowest BCUT2D eigenvalue weighted by atomic mass is 10.1. The van der Waals surface area contributed by atoms with E-state index in [4.69, 9.17) is 19.6 Å². The largest absolute Gasteiger partial charge is 0.493 e. The van der Waals surface area contributed by atoms with Crippen molar-refractivity contribution in [2.75, 3.05) is 7.11 Å². The second kappa shape index (κ2) is 13.0. The van der Waals surface area contributed by atoms with Crippen LogP contribution in [0.15, 0.2) is 113 Å². The molecule has 0 saturated carbocycles. The third-order valence-corrected chi connectivity index (χ3v) is 7.46. The standard InChI is InChI=1S/C33H28N2O5S/c1-39-28-14-8-13-27(30(28)40-22-25-15-17-26(18-16-25)32(37)38)19-29-31(36)35(21-24-11-6-3-7-12-24)33(41-29)34-20-23-9-4-2-5-10-23/h2-19H,20-22H2,1H3,(H,37,38)/b29-19-,34-33?. The van der Waals surface area contributed by atoms with Crippen LogP contribution in [0.1, 0.15) is 32.6 Å². The number of carbonyl (C=O) groups excluding carboxylic acids is 1. The minimum Gasteiger partial charge on any atom is -0.493 e. The molecule has 5 rings (SSSR count). The highest BCUT2D eigenvalue weighted by Gasteiger charge is 2.33. The normalized spacial score (nSPS) is 15.0. The van der Waals surface area contributed by atoms with E-state index in [1.165, 1.54) is 23.9 Å². The molecule has 0 unspecified atom stereocenters. The fourth-order valence-corrected chi connectivity index (χ4v) is 5.24. The summed E-state index contributed by atoms with van der Waals surface area (Å²) < 4.78 is 11.7. The van der Waals surface area contributed by atoms with E-state index in [1.807, 2.05) is 72.8 Å². The Labute approximate surface area is 242 Å².